The molecule has 4 N–H and O–H groups in total. The Balaban J connectivity index is 2.79. The van der Waals surface area contributed by atoms with Crippen molar-refractivity contribution in [3.05, 3.63) is 23.8 Å². The van der Waals surface area contributed by atoms with E-state index in [1.807, 2.05) is 6.26 Å². The molecule has 0 aliphatic carbocycles. The highest BCUT2D eigenvalue weighted by atomic mass is 32.2. The van der Waals surface area contributed by atoms with E-state index in [1.165, 1.54) is 6.07 Å². The third-order valence-corrected chi connectivity index (χ3v) is 2.95. The lowest BCUT2D eigenvalue weighted by Crippen LogP contribution is -2.18. The van der Waals surface area contributed by atoms with Crippen LogP contribution in [0.2, 0.25) is 0 Å². The molecule has 16 heavy (non-hydrogen) atoms. The molecule has 0 heterocycles. The SMILES string of the molecule is CSCC(C)Nc1ccc(C(=O)O)cc1N. The average molecular weight is 240 g/mol. The van der Waals surface area contributed by atoms with Gasteiger partial charge in [-0.3, -0.25) is 0 Å². The standard InChI is InChI=1S/C11H16N2O2S/c1-7(6-16-2)13-10-4-3-8(11(14)15)5-9(10)12/h3-5,7,13H,6,12H2,1-2H3,(H,14,15). The van der Waals surface area contributed by atoms with Crippen molar-refractivity contribution < 1.29 is 9.90 Å². The van der Waals surface area contributed by atoms with Crippen LogP contribution < -0.4 is 11.1 Å². The summed E-state index contributed by atoms with van der Waals surface area (Å²) < 4.78 is 0. The van der Waals surface area contributed by atoms with Crippen molar-refractivity contribution in [2.45, 2.75) is 13.0 Å². The second kappa shape index (κ2) is 5.65. The van der Waals surface area contributed by atoms with Crippen LogP contribution in [-0.4, -0.2) is 29.1 Å². The van der Waals surface area contributed by atoms with E-state index in [0.29, 0.717) is 11.7 Å². The molecule has 1 aromatic carbocycles. The number of thioether (sulfide) groups is 1. The minimum Gasteiger partial charge on any atom is -0.478 e. The van der Waals surface area contributed by atoms with Crippen molar-refractivity contribution in [3.63, 3.8) is 0 Å². The maximum Gasteiger partial charge on any atom is 0.335 e. The first-order chi connectivity index (χ1) is 7.54. The van der Waals surface area contributed by atoms with Gasteiger partial charge in [0, 0.05) is 11.8 Å². The maximum absolute atomic E-state index is 10.7. The summed E-state index contributed by atoms with van der Waals surface area (Å²) in [5, 5.41) is 12.0. The first-order valence-corrected chi connectivity index (χ1v) is 6.32. The van der Waals surface area contributed by atoms with Crippen molar-refractivity contribution >= 4 is 29.1 Å². The van der Waals surface area contributed by atoms with Crippen molar-refractivity contribution in [2.24, 2.45) is 0 Å². The van der Waals surface area contributed by atoms with E-state index in [2.05, 4.69) is 12.2 Å². The predicted molar refractivity (Wildman–Crippen MR) is 69.3 cm³/mol. The zero-order valence-corrected chi connectivity index (χ0v) is 10.2. The topological polar surface area (TPSA) is 75.3 Å². The number of nitrogen functional groups attached to an aromatic ring is 1. The van der Waals surface area contributed by atoms with Gasteiger partial charge in [-0.1, -0.05) is 0 Å². The van der Waals surface area contributed by atoms with Gasteiger partial charge in [0.15, 0.2) is 0 Å². The molecule has 88 valence electrons. The number of nitrogens with two attached hydrogens (primary N) is 1. The van der Waals surface area contributed by atoms with E-state index >= 15 is 0 Å². The maximum atomic E-state index is 10.7. The minimum absolute atomic E-state index is 0.209. The van der Waals surface area contributed by atoms with Crippen LogP contribution in [0, 0.1) is 0 Å². The summed E-state index contributed by atoms with van der Waals surface area (Å²) in [5.74, 6) is 0.00976. The average Bonchev–Trinajstić information content (AvgIpc) is 2.21. The molecule has 0 aliphatic rings. The molecular weight excluding hydrogens is 224 g/mol. The van der Waals surface area contributed by atoms with Gasteiger partial charge in [-0.25, -0.2) is 4.79 Å². The normalized spacial score (nSPS) is 12.1. The second-order valence-corrected chi connectivity index (χ2v) is 4.52. The Morgan fingerprint density at radius 1 is 1.62 bits per heavy atom. The molecule has 0 amide bonds. The number of hydrogen-bond acceptors (Lipinski definition) is 4. The van der Waals surface area contributed by atoms with Crippen LogP contribution in [0.15, 0.2) is 18.2 Å². The highest BCUT2D eigenvalue weighted by molar-refractivity contribution is 7.98. The van der Waals surface area contributed by atoms with Crippen molar-refractivity contribution in [2.75, 3.05) is 23.1 Å². The summed E-state index contributed by atoms with van der Waals surface area (Å²) in [4.78, 5) is 10.7. The van der Waals surface area contributed by atoms with Crippen LogP contribution in [0.1, 0.15) is 17.3 Å². The number of carboxylic acid groups (broad SMARTS) is 1. The second-order valence-electron chi connectivity index (χ2n) is 3.61. The van der Waals surface area contributed by atoms with Crippen molar-refractivity contribution in [1.82, 2.24) is 0 Å². The lowest BCUT2D eigenvalue weighted by Gasteiger charge is -2.15. The van der Waals surface area contributed by atoms with E-state index in [0.717, 1.165) is 11.4 Å². The van der Waals surface area contributed by atoms with Gasteiger partial charge in [-0.2, -0.15) is 11.8 Å². The zero-order valence-electron chi connectivity index (χ0n) is 9.36. The number of hydrogen-bond donors (Lipinski definition) is 3. The zero-order chi connectivity index (χ0) is 12.1. The lowest BCUT2D eigenvalue weighted by molar-refractivity contribution is 0.0697. The number of rotatable bonds is 5. The third kappa shape index (κ3) is 3.34. The number of carboxylic acids is 1. The highest BCUT2D eigenvalue weighted by Crippen LogP contribution is 2.21. The Labute approximate surface area is 99.2 Å². The molecule has 1 aromatic rings. The molecule has 0 aliphatic heterocycles. The summed E-state index contributed by atoms with van der Waals surface area (Å²) >= 11 is 1.75. The van der Waals surface area contributed by atoms with E-state index in [9.17, 15) is 4.79 Å². The Hall–Kier alpha value is -1.36. The fourth-order valence-electron chi connectivity index (χ4n) is 1.38. The Morgan fingerprint density at radius 2 is 2.31 bits per heavy atom. The van der Waals surface area contributed by atoms with Gasteiger partial charge < -0.3 is 16.2 Å². The van der Waals surface area contributed by atoms with Gasteiger partial charge in [0.25, 0.3) is 0 Å². The largest absolute Gasteiger partial charge is 0.478 e. The van der Waals surface area contributed by atoms with Gasteiger partial charge in [0.2, 0.25) is 0 Å². The Kier molecular flexibility index (Phi) is 4.49. The van der Waals surface area contributed by atoms with Gasteiger partial charge >= 0.3 is 5.97 Å². The van der Waals surface area contributed by atoms with Crippen LogP contribution >= 0.6 is 11.8 Å². The van der Waals surface area contributed by atoms with E-state index in [4.69, 9.17) is 10.8 Å². The predicted octanol–water partition coefficient (Wildman–Crippen LogP) is 2.13. The quantitative estimate of drug-likeness (QED) is 0.687. The molecule has 0 radical (unpaired) electrons. The molecule has 0 saturated heterocycles. The van der Waals surface area contributed by atoms with E-state index in [-0.39, 0.29) is 5.56 Å². The Morgan fingerprint density at radius 3 is 2.81 bits per heavy atom. The third-order valence-electron chi connectivity index (χ3n) is 2.12. The first-order valence-electron chi connectivity index (χ1n) is 4.93. The molecule has 4 nitrogen and oxygen atoms in total. The van der Waals surface area contributed by atoms with Gasteiger partial charge in [-0.15, -0.1) is 0 Å². The van der Waals surface area contributed by atoms with Crippen LogP contribution in [0.4, 0.5) is 11.4 Å². The minimum atomic E-state index is -0.963. The number of nitrogens with one attached hydrogen (secondary N) is 1. The molecule has 0 fully saturated rings. The Bertz CT molecular complexity index is 382. The lowest BCUT2D eigenvalue weighted by atomic mass is 10.1. The van der Waals surface area contributed by atoms with Gasteiger partial charge in [-0.05, 0) is 31.4 Å². The van der Waals surface area contributed by atoms with Gasteiger partial charge in [0.05, 0.1) is 16.9 Å². The first kappa shape index (κ1) is 12.7. The number of carbonyl (C=O) groups is 1. The molecule has 0 bridgehead atoms. The summed E-state index contributed by atoms with van der Waals surface area (Å²) in [6.07, 6.45) is 2.04. The number of anilines is 2. The highest BCUT2D eigenvalue weighted by Gasteiger charge is 2.08. The summed E-state index contributed by atoms with van der Waals surface area (Å²) in [6, 6.07) is 5.02. The molecular formula is C11H16N2O2S. The van der Waals surface area contributed by atoms with Crippen LogP contribution in [0.25, 0.3) is 0 Å². The summed E-state index contributed by atoms with van der Waals surface area (Å²) in [7, 11) is 0. The van der Waals surface area contributed by atoms with Gasteiger partial charge in [0.1, 0.15) is 0 Å². The van der Waals surface area contributed by atoms with Crippen molar-refractivity contribution in [3.8, 4) is 0 Å². The fraction of sp³-hybridized carbons (Fsp3) is 0.364. The number of benzene rings is 1. The molecule has 0 spiro atoms. The summed E-state index contributed by atoms with van der Waals surface area (Å²) in [5.41, 5.74) is 7.23. The molecule has 5 heteroatoms. The van der Waals surface area contributed by atoms with E-state index < -0.39 is 5.97 Å². The molecule has 1 atom stereocenters. The van der Waals surface area contributed by atoms with Crippen LogP contribution in [0.3, 0.4) is 0 Å². The monoisotopic (exact) mass is 240 g/mol. The molecule has 1 unspecified atom stereocenters. The molecule has 0 saturated carbocycles. The smallest absolute Gasteiger partial charge is 0.335 e. The fourth-order valence-corrected chi connectivity index (χ4v) is 1.97. The molecule has 0 aromatic heterocycles. The number of aromatic carboxylic acids is 1. The van der Waals surface area contributed by atoms with Crippen LogP contribution in [0.5, 0.6) is 0 Å². The summed E-state index contributed by atoms with van der Waals surface area (Å²) in [6.45, 7) is 2.06. The molecule has 1 rings (SSSR count). The van der Waals surface area contributed by atoms with Crippen molar-refractivity contribution in [1.29, 1.82) is 0 Å². The van der Waals surface area contributed by atoms with Crippen LogP contribution in [-0.2, 0) is 0 Å². The van der Waals surface area contributed by atoms with E-state index in [1.54, 1.807) is 23.9 Å².